The Balaban J connectivity index is 2.66. The topological polar surface area (TPSA) is 39.1 Å². The van der Waals surface area contributed by atoms with Crippen LogP contribution in [0.1, 0.15) is 18.7 Å². The van der Waals surface area contributed by atoms with Gasteiger partial charge in [-0.1, -0.05) is 0 Å². The van der Waals surface area contributed by atoms with Crippen LogP contribution < -0.4 is 5.32 Å². The molecule has 0 bridgehead atoms. The van der Waals surface area contributed by atoms with Gasteiger partial charge in [0, 0.05) is 31.6 Å². The van der Waals surface area contributed by atoms with E-state index < -0.39 is 0 Å². The largest absolute Gasteiger partial charge is 0.383 e. The molecule has 1 aromatic heterocycles. The Labute approximate surface area is 102 Å². The van der Waals surface area contributed by atoms with Crippen LogP contribution in [0.2, 0.25) is 0 Å². The predicted octanol–water partition coefficient (Wildman–Crippen LogP) is 2.17. The summed E-state index contributed by atoms with van der Waals surface area (Å²) in [7, 11) is 1.70. The quantitative estimate of drug-likeness (QED) is 0.745. The first-order chi connectivity index (χ1) is 7.69. The number of hydrogen-bond acceptors (Lipinski definition) is 4. The number of aryl methyl sites for hydroxylation is 1. The monoisotopic (exact) mass is 243 g/mol. The molecule has 0 saturated heterocycles. The predicted molar refractivity (Wildman–Crippen MR) is 70.4 cm³/mol. The van der Waals surface area contributed by atoms with Gasteiger partial charge < -0.3 is 14.6 Å². The number of hydrogen-bond donors (Lipinski definition) is 1. The first-order valence-electron chi connectivity index (χ1n) is 5.46. The van der Waals surface area contributed by atoms with Crippen molar-refractivity contribution in [2.75, 3.05) is 37.6 Å². The van der Waals surface area contributed by atoms with Crippen molar-refractivity contribution in [3.05, 3.63) is 11.9 Å². The molecule has 0 aliphatic heterocycles. The lowest BCUT2D eigenvalue weighted by molar-refractivity contribution is 0.210. The summed E-state index contributed by atoms with van der Waals surface area (Å²) in [6.07, 6.45) is 4.22. The van der Waals surface area contributed by atoms with Crippen molar-refractivity contribution in [3.8, 4) is 0 Å². The lowest BCUT2D eigenvalue weighted by Crippen LogP contribution is -2.15. The Hall–Kier alpha value is -0.680. The minimum atomic E-state index is 0.459. The van der Waals surface area contributed by atoms with Crippen molar-refractivity contribution in [1.82, 2.24) is 9.55 Å². The molecular weight excluding hydrogens is 222 g/mol. The van der Waals surface area contributed by atoms with Crippen molar-refractivity contribution in [2.45, 2.75) is 19.9 Å². The Bertz CT molecular complexity index is 314. The number of rotatable bonds is 7. The highest BCUT2D eigenvalue weighted by Gasteiger charge is 2.10. The molecule has 0 amide bonds. The summed E-state index contributed by atoms with van der Waals surface area (Å²) < 4.78 is 7.21. The summed E-state index contributed by atoms with van der Waals surface area (Å²) in [5, 5.41) is 3.29. The van der Waals surface area contributed by atoms with Gasteiger partial charge >= 0.3 is 0 Å². The third-order valence-corrected chi connectivity index (χ3v) is 3.14. The van der Waals surface area contributed by atoms with Gasteiger partial charge in [0.25, 0.3) is 0 Å². The summed E-state index contributed by atoms with van der Waals surface area (Å²) in [5.41, 5.74) is 1.05. The maximum atomic E-state index is 5.01. The number of methoxy groups -OCH3 is 1. The van der Waals surface area contributed by atoms with E-state index >= 15 is 0 Å². The third kappa shape index (κ3) is 3.72. The number of nitrogens with one attached hydrogen (secondary N) is 1. The van der Waals surface area contributed by atoms with Crippen molar-refractivity contribution >= 4 is 17.7 Å². The van der Waals surface area contributed by atoms with Gasteiger partial charge in [-0.15, -0.1) is 0 Å². The average Bonchev–Trinajstić information content (AvgIpc) is 2.61. The lowest BCUT2D eigenvalue weighted by Gasteiger charge is -2.15. The highest BCUT2D eigenvalue weighted by atomic mass is 32.2. The highest BCUT2D eigenvalue weighted by molar-refractivity contribution is 7.98. The smallest absolute Gasteiger partial charge is 0.203 e. The fourth-order valence-electron chi connectivity index (χ4n) is 1.57. The molecule has 0 aliphatic carbocycles. The molecule has 1 aromatic rings. The van der Waals surface area contributed by atoms with Crippen LogP contribution in [0.5, 0.6) is 0 Å². The molecule has 1 heterocycles. The molecule has 1 unspecified atom stereocenters. The van der Waals surface area contributed by atoms with Crippen LogP contribution in [0.25, 0.3) is 0 Å². The van der Waals surface area contributed by atoms with E-state index in [0.717, 1.165) is 23.9 Å². The molecule has 0 fully saturated rings. The van der Waals surface area contributed by atoms with Gasteiger partial charge in [-0.25, -0.2) is 4.98 Å². The zero-order valence-corrected chi connectivity index (χ0v) is 11.3. The van der Waals surface area contributed by atoms with E-state index in [-0.39, 0.29) is 0 Å². The van der Waals surface area contributed by atoms with Crippen molar-refractivity contribution < 1.29 is 4.74 Å². The van der Waals surface area contributed by atoms with Crippen molar-refractivity contribution in [2.24, 2.45) is 0 Å². The number of nitrogens with zero attached hydrogens (tertiary/aromatic N) is 2. The number of ether oxygens (including phenoxy) is 1. The van der Waals surface area contributed by atoms with Crippen LogP contribution in [0.3, 0.4) is 0 Å². The van der Waals surface area contributed by atoms with Crippen LogP contribution in [-0.4, -0.2) is 41.8 Å². The first-order valence-corrected chi connectivity index (χ1v) is 6.85. The van der Waals surface area contributed by atoms with E-state index in [4.69, 9.17) is 4.74 Å². The van der Waals surface area contributed by atoms with Gasteiger partial charge in [-0.05, 0) is 20.1 Å². The molecule has 4 nitrogen and oxygen atoms in total. The first kappa shape index (κ1) is 13.4. The van der Waals surface area contributed by atoms with Gasteiger partial charge in [0.2, 0.25) is 5.95 Å². The molecule has 92 valence electrons. The fraction of sp³-hybridized carbons (Fsp3) is 0.727. The molecule has 1 N–H and O–H groups in total. The van der Waals surface area contributed by atoms with E-state index in [1.807, 2.05) is 18.7 Å². The number of imidazole rings is 1. The minimum absolute atomic E-state index is 0.459. The maximum Gasteiger partial charge on any atom is 0.203 e. The summed E-state index contributed by atoms with van der Waals surface area (Å²) in [6.45, 7) is 5.71. The second kappa shape index (κ2) is 6.81. The highest BCUT2D eigenvalue weighted by Crippen LogP contribution is 2.18. The molecule has 0 radical (unpaired) electrons. The van der Waals surface area contributed by atoms with Crippen LogP contribution >= 0.6 is 11.8 Å². The maximum absolute atomic E-state index is 5.01. The molecule has 0 spiro atoms. The van der Waals surface area contributed by atoms with Crippen molar-refractivity contribution in [1.29, 1.82) is 0 Å². The molecule has 1 rings (SSSR count). The van der Waals surface area contributed by atoms with Crippen LogP contribution in [0.4, 0.5) is 5.95 Å². The number of anilines is 1. The zero-order valence-electron chi connectivity index (χ0n) is 10.5. The van der Waals surface area contributed by atoms with Crippen LogP contribution in [0, 0.1) is 6.92 Å². The van der Waals surface area contributed by atoms with Gasteiger partial charge in [-0.2, -0.15) is 11.8 Å². The molecule has 1 atom stereocenters. The van der Waals surface area contributed by atoms with Crippen molar-refractivity contribution in [3.63, 3.8) is 0 Å². The fourth-order valence-corrected chi connectivity index (χ4v) is 2.21. The second-order valence-corrected chi connectivity index (χ2v) is 4.75. The lowest BCUT2D eigenvalue weighted by atomic mass is 10.4. The molecule has 16 heavy (non-hydrogen) atoms. The Morgan fingerprint density at radius 1 is 1.62 bits per heavy atom. The van der Waals surface area contributed by atoms with Gasteiger partial charge in [0.15, 0.2) is 0 Å². The molecule has 5 heteroatoms. The third-order valence-electron chi connectivity index (χ3n) is 2.32. The van der Waals surface area contributed by atoms with E-state index in [0.29, 0.717) is 12.6 Å². The minimum Gasteiger partial charge on any atom is -0.383 e. The summed E-state index contributed by atoms with van der Waals surface area (Å²) in [6, 6.07) is 0.459. The number of aromatic nitrogens is 2. The summed E-state index contributed by atoms with van der Waals surface area (Å²) >= 11 is 1.85. The summed E-state index contributed by atoms with van der Waals surface area (Å²) in [4.78, 5) is 4.47. The van der Waals surface area contributed by atoms with Crippen LogP contribution in [0.15, 0.2) is 6.20 Å². The molecule has 0 aromatic carbocycles. The molecule has 0 saturated carbocycles. The van der Waals surface area contributed by atoms with E-state index in [2.05, 4.69) is 34.2 Å². The Morgan fingerprint density at radius 2 is 2.38 bits per heavy atom. The zero-order chi connectivity index (χ0) is 12.0. The normalized spacial score (nSPS) is 12.8. The van der Waals surface area contributed by atoms with E-state index in [9.17, 15) is 0 Å². The Morgan fingerprint density at radius 3 is 3.00 bits per heavy atom. The van der Waals surface area contributed by atoms with E-state index in [1.54, 1.807) is 7.11 Å². The molecule has 0 aliphatic rings. The summed E-state index contributed by atoms with van der Waals surface area (Å²) in [5.74, 6) is 2.03. The van der Waals surface area contributed by atoms with Gasteiger partial charge in [-0.3, -0.25) is 0 Å². The second-order valence-electron chi connectivity index (χ2n) is 3.84. The van der Waals surface area contributed by atoms with Crippen LogP contribution in [-0.2, 0) is 4.74 Å². The van der Waals surface area contributed by atoms with Gasteiger partial charge in [0.05, 0.1) is 12.3 Å². The number of thioether (sulfide) groups is 1. The SMILES string of the molecule is COCCNc1nc(C)cn1C(C)CSC. The van der Waals surface area contributed by atoms with Gasteiger partial charge in [0.1, 0.15) is 0 Å². The van der Waals surface area contributed by atoms with E-state index in [1.165, 1.54) is 0 Å². The molecular formula is C11H21N3OS. The standard InChI is InChI=1S/C11H21N3OS/c1-9-7-14(10(2)8-16-4)11(13-9)12-5-6-15-3/h7,10H,5-6,8H2,1-4H3,(H,12,13). The Kier molecular flexibility index (Phi) is 5.69. The average molecular weight is 243 g/mol.